The van der Waals surface area contributed by atoms with Crippen LogP contribution in [-0.2, 0) is 16.0 Å². The fourth-order valence-electron chi connectivity index (χ4n) is 1.26. The number of carbonyl (C=O) groups is 1. The molecule has 1 heterocycles. The molecule has 1 fully saturated rings. The lowest BCUT2D eigenvalue weighted by atomic mass is 10.1. The van der Waals surface area contributed by atoms with Crippen molar-refractivity contribution in [1.29, 1.82) is 0 Å². The van der Waals surface area contributed by atoms with Gasteiger partial charge in [-0.15, -0.1) is 0 Å². The number of hydrogen-bond acceptors (Lipinski definition) is 2. The Balaban J connectivity index is 1.79. The van der Waals surface area contributed by atoms with Gasteiger partial charge < -0.3 is 10.1 Å². The highest BCUT2D eigenvalue weighted by molar-refractivity contribution is 6.30. The van der Waals surface area contributed by atoms with Crippen molar-refractivity contribution < 1.29 is 9.53 Å². The van der Waals surface area contributed by atoms with E-state index in [4.69, 9.17) is 16.3 Å². The number of halogens is 1. The van der Waals surface area contributed by atoms with Crippen LogP contribution in [0.15, 0.2) is 24.3 Å². The monoisotopic (exact) mass is 225 g/mol. The number of amides is 1. The lowest BCUT2D eigenvalue weighted by Gasteiger charge is -2.03. The predicted molar refractivity (Wildman–Crippen MR) is 57.9 cm³/mol. The first-order valence-electron chi connectivity index (χ1n) is 4.87. The molecule has 1 aliphatic rings. The molecule has 0 spiro atoms. The molecule has 2 rings (SSSR count). The molecular formula is C11H12ClNO2. The third kappa shape index (κ3) is 3.53. The molecule has 80 valence electrons. The first-order valence-corrected chi connectivity index (χ1v) is 5.24. The van der Waals surface area contributed by atoms with Crippen LogP contribution in [-0.4, -0.2) is 25.2 Å². The summed E-state index contributed by atoms with van der Waals surface area (Å²) in [4.78, 5) is 11.4. The van der Waals surface area contributed by atoms with Crippen LogP contribution in [0.1, 0.15) is 5.56 Å². The van der Waals surface area contributed by atoms with E-state index in [0.717, 1.165) is 12.2 Å². The van der Waals surface area contributed by atoms with Gasteiger partial charge in [-0.05, 0) is 17.7 Å². The Morgan fingerprint density at radius 3 is 2.73 bits per heavy atom. The summed E-state index contributed by atoms with van der Waals surface area (Å²) in [7, 11) is 0. The fraction of sp³-hybridized carbons (Fsp3) is 0.364. The smallest absolute Gasteiger partial charge is 0.224 e. The quantitative estimate of drug-likeness (QED) is 0.787. The van der Waals surface area contributed by atoms with E-state index in [-0.39, 0.29) is 12.0 Å². The van der Waals surface area contributed by atoms with Crippen LogP contribution in [0.4, 0.5) is 0 Å². The van der Waals surface area contributed by atoms with Crippen LogP contribution in [0, 0.1) is 0 Å². The van der Waals surface area contributed by atoms with Crippen molar-refractivity contribution in [3.8, 4) is 0 Å². The van der Waals surface area contributed by atoms with Gasteiger partial charge in [-0.25, -0.2) is 0 Å². The second kappa shape index (κ2) is 4.64. The molecule has 4 heteroatoms. The number of ether oxygens (including phenoxy) is 1. The number of hydrogen-bond donors (Lipinski definition) is 1. The third-order valence-electron chi connectivity index (χ3n) is 2.21. The molecule has 1 saturated heterocycles. The van der Waals surface area contributed by atoms with Crippen molar-refractivity contribution >= 4 is 17.5 Å². The van der Waals surface area contributed by atoms with Crippen LogP contribution < -0.4 is 5.32 Å². The molecule has 1 amide bonds. The molecule has 0 aliphatic carbocycles. The zero-order chi connectivity index (χ0) is 10.7. The van der Waals surface area contributed by atoms with Crippen molar-refractivity contribution in [3.05, 3.63) is 34.9 Å². The zero-order valence-corrected chi connectivity index (χ0v) is 8.96. The third-order valence-corrected chi connectivity index (χ3v) is 2.46. The van der Waals surface area contributed by atoms with E-state index >= 15 is 0 Å². The molecule has 1 aromatic carbocycles. The van der Waals surface area contributed by atoms with Gasteiger partial charge in [-0.3, -0.25) is 4.79 Å². The molecule has 0 saturated carbocycles. The Labute approximate surface area is 93.4 Å². The average Bonchev–Trinajstić information content (AvgIpc) is 3.02. The molecule has 1 N–H and O–H groups in total. The highest BCUT2D eigenvalue weighted by Gasteiger charge is 2.22. The van der Waals surface area contributed by atoms with E-state index in [1.807, 2.05) is 12.1 Å². The maximum Gasteiger partial charge on any atom is 0.224 e. The predicted octanol–water partition coefficient (Wildman–Crippen LogP) is 1.40. The summed E-state index contributed by atoms with van der Waals surface area (Å²) >= 11 is 5.74. The topological polar surface area (TPSA) is 41.6 Å². The Hall–Kier alpha value is -1.06. The van der Waals surface area contributed by atoms with Crippen LogP contribution in [0.2, 0.25) is 5.02 Å². The largest absolute Gasteiger partial charge is 0.371 e. The molecule has 1 aliphatic heterocycles. The van der Waals surface area contributed by atoms with E-state index < -0.39 is 0 Å². The minimum atomic E-state index is 0.0211. The molecule has 1 atom stereocenters. The van der Waals surface area contributed by atoms with Gasteiger partial charge in [-0.1, -0.05) is 23.7 Å². The summed E-state index contributed by atoms with van der Waals surface area (Å²) in [5.74, 6) is 0.0211. The number of rotatable bonds is 4. The van der Waals surface area contributed by atoms with Crippen LogP contribution in [0.25, 0.3) is 0 Å². The molecule has 1 unspecified atom stereocenters. The normalized spacial score (nSPS) is 18.6. The highest BCUT2D eigenvalue weighted by atomic mass is 35.5. The Morgan fingerprint density at radius 1 is 1.47 bits per heavy atom. The number of carbonyl (C=O) groups excluding carboxylic acids is 1. The van der Waals surface area contributed by atoms with Crippen LogP contribution in [0.5, 0.6) is 0 Å². The average molecular weight is 226 g/mol. The Kier molecular flexibility index (Phi) is 3.23. The number of epoxide rings is 1. The highest BCUT2D eigenvalue weighted by Crippen LogP contribution is 2.10. The van der Waals surface area contributed by atoms with Gasteiger partial charge in [0, 0.05) is 11.6 Å². The molecule has 0 bridgehead atoms. The van der Waals surface area contributed by atoms with E-state index in [2.05, 4.69) is 5.32 Å². The van der Waals surface area contributed by atoms with E-state index in [0.29, 0.717) is 18.0 Å². The van der Waals surface area contributed by atoms with Crippen LogP contribution in [0.3, 0.4) is 0 Å². The maximum atomic E-state index is 11.4. The second-order valence-electron chi connectivity index (χ2n) is 3.56. The fourth-order valence-corrected chi connectivity index (χ4v) is 1.39. The summed E-state index contributed by atoms with van der Waals surface area (Å²) in [5.41, 5.74) is 0.966. The number of nitrogens with one attached hydrogen (secondary N) is 1. The van der Waals surface area contributed by atoms with E-state index in [1.165, 1.54) is 0 Å². The zero-order valence-electron chi connectivity index (χ0n) is 8.20. The molecule has 0 aromatic heterocycles. The summed E-state index contributed by atoms with van der Waals surface area (Å²) < 4.78 is 4.99. The Bertz CT molecular complexity index is 346. The first-order chi connectivity index (χ1) is 7.24. The van der Waals surface area contributed by atoms with Crippen molar-refractivity contribution in [2.75, 3.05) is 13.2 Å². The van der Waals surface area contributed by atoms with Crippen molar-refractivity contribution in [1.82, 2.24) is 5.32 Å². The van der Waals surface area contributed by atoms with Gasteiger partial charge in [0.25, 0.3) is 0 Å². The Morgan fingerprint density at radius 2 is 2.13 bits per heavy atom. The van der Waals surface area contributed by atoms with Gasteiger partial charge >= 0.3 is 0 Å². The molecular weight excluding hydrogens is 214 g/mol. The molecule has 3 nitrogen and oxygen atoms in total. The van der Waals surface area contributed by atoms with Crippen molar-refractivity contribution in [3.63, 3.8) is 0 Å². The van der Waals surface area contributed by atoms with Gasteiger partial charge in [0.15, 0.2) is 0 Å². The summed E-state index contributed by atoms with van der Waals surface area (Å²) in [6.45, 7) is 1.38. The first kappa shape index (κ1) is 10.5. The van der Waals surface area contributed by atoms with Crippen molar-refractivity contribution in [2.24, 2.45) is 0 Å². The van der Waals surface area contributed by atoms with Gasteiger partial charge in [-0.2, -0.15) is 0 Å². The lowest BCUT2D eigenvalue weighted by Crippen LogP contribution is -2.28. The van der Waals surface area contributed by atoms with Gasteiger partial charge in [0.2, 0.25) is 5.91 Å². The van der Waals surface area contributed by atoms with E-state index in [9.17, 15) is 4.79 Å². The summed E-state index contributed by atoms with van der Waals surface area (Å²) in [5, 5.41) is 3.50. The second-order valence-corrected chi connectivity index (χ2v) is 4.00. The molecule has 0 radical (unpaired) electrons. The lowest BCUT2D eigenvalue weighted by molar-refractivity contribution is -0.120. The van der Waals surface area contributed by atoms with Crippen molar-refractivity contribution in [2.45, 2.75) is 12.5 Å². The minimum absolute atomic E-state index is 0.0211. The SMILES string of the molecule is O=C(Cc1ccc(Cl)cc1)NCC1CO1. The van der Waals surface area contributed by atoms with E-state index in [1.54, 1.807) is 12.1 Å². The van der Waals surface area contributed by atoms with Gasteiger partial charge in [0.05, 0.1) is 19.1 Å². The standard InChI is InChI=1S/C11H12ClNO2/c12-9-3-1-8(2-4-9)5-11(14)13-6-10-7-15-10/h1-4,10H,5-7H2,(H,13,14). The summed E-state index contributed by atoms with van der Waals surface area (Å²) in [6.07, 6.45) is 0.628. The van der Waals surface area contributed by atoms with Gasteiger partial charge in [0.1, 0.15) is 0 Å². The summed E-state index contributed by atoms with van der Waals surface area (Å²) in [6, 6.07) is 7.29. The number of benzene rings is 1. The molecule has 15 heavy (non-hydrogen) atoms. The van der Waals surface area contributed by atoms with Crippen LogP contribution >= 0.6 is 11.6 Å². The molecule has 1 aromatic rings. The maximum absolute atomic E-state index is 11.4. The minimum Gasteiger partial charge on any atom is -0.371 e.